The number of carbonyl (C=O) groups excluding carboxylic acids is 1. The summed E-state index contributed by atoms with van der Waals surface area (Å²) >= 11 is 3.58. The zero-order valence-corrected chi connectivity index (χ0v) is 18.1. The number of amides is 2. The molecule has 1 aliphatic heterocycles. The summed E-state index contributed by atoms with van der Waals surface area (Å²) < 4.78 is 0.904. The number of benzene rings is 1. The van der Waals surface area contributed by atoms with E-state index in [1.165, 1.54) is 5.56 Å². The largest absolute Gasteiger partial charge is 0.335 e. The summed E-state index contributed by atoms with van der Waals surface area (Å²) in [5.41, 5.74) is 2.11. The van der Waals surface area contributed by atoms with Gasteiger partial charge < -0.3 is 16.0 Å². The van der Waals surface area contributed by atoms with E-state index in [-0.39, 0.29) is 28.6 Å². The summed E-state index contributed by atoms with van der Waals surface area (Å²) in [6.07, 6.45) is 1.82. The van der Waals surface area contributed by atoms with Crippen LogP contribution in [0.1, 0.15) is 66.9 Å². The molecule has 2 rings (SSSR count). The Labute approximate surface area is 160 Å². The third-order valence-corrected chi connectivity index (χ3v) is 5.26. The van der Waals surface area contributed by atoms with Crippen LogP contribution in [0.5, 0.6) is 0 Å². The fraction of sp³-hybridized carbons (Fsp3) is 0.650. The van der Waals surface area contributed by atoms with E-state index >= 15 is 0 Å². The molecule has 0 aromatic heterocycles. The zero-order chi connectivity index (χ0) is 19.0. The summed E-state index contributed by atoms with van der Waals surface area (Å²) in [6.45, 7) is 15.3. The molecule has 0 saturated carbocycles. The first-order chi connectivity index (χ1) is 11.3. The van der Waals surface area contributed by atoms with Gasteiger partial charge in [-0.3, -0.25) is 0 Å². The normalized spacial score (nSPS) is 20.2. The molecule has 0 spiro atoms. The van der Waals surface area contributed by atoms with Crippen LogP contribution in [0, 0.1) is 0 Å². The Kier molecular flexibility index (Phi) is 5.60. The third-order valence-electron chi connectivity index (χ3n) is 4.61. The van der Waals surface area contributed by atoms with Gasteiger partial charge in [-0.1, -0.05) is 26.8 Å². The van der Waals surface area contributed by atoms with Crippen molar-refractivity contribution in [1.82, 2.24) is 10.6 Å². The van der Waals surface area contributed by atoms with Crippen molar-refractivity contribution in [3.8, 4) is 0 Å². The van der Waals surface area contributed by atoms with Crippen LogP contribution in [0.25, 0.3) is 0 Å². The maximum atomic E-state index is 12.5. The Morgan fingerprint density at radius 3 is 2.20 bits per heavy atom. The number of hydrogen-bond acceptors (Lipinski definition) is 2. The minimum Gasteiger partial charge on any atom is -0.335 e. The molecule has 0 unspecified atom stereocenters. The SMILES string of the molecule is CC1(C)CC(NC(=O)Nc2ccc(C(C)(C)C)cc2Br)CC(C)(C)N1. The predicted molar refractivity (Wildman–Crippen MR) is 109 cm³/mol. The van der Waals surface area contributed by atoms with Gasteiger partial charge in [0.05, 0.1) is 5.69 Å². The van der Waals surface area contributed by atoms with Crippen LogP contribution in [-0.2, 0) is 5.41 Å². The van der Waals surface area contributed by atoms with Crippen LogP contribution in [-0.4, -0.2) is 23.2 Å². The maximum absolute atomic E-state index is 12.5. The van der Waals surface area contributed by atoms with Crippen molar-refractivity contribution in [3.63, 3.8) is 0 Å². The highest BCUT2D eigenvalue weighted by Gasteiger charge is 2.38. The van der Waals surface area contributed by atoms with Crippen molar-refractivity contribution in [2.24, 2.45) is 0 Å². The molecular weight excluding hydrogens is 378 g/mol. The Balaban J connectivity index is 2.03. The Morgan fingerprint density at radius 2 is 1.72 bits per heavy atom. The first-order valence-electron chi connectivity index (χ1n) is 8.94. The molecule has 0 aliphatic carbocycles. The molecule has 1 fully saturated rings. The lowest BCUT2D eigenvalue weighted by molar-refractivity contribution is 0.149. The average Bonchev–Trinajstić information content (AvgIpc) is 2.35. The Morgan fingerprint density at radius 1 is 1.16 bits per heavy atom. The number of halogens is 1. The van der Waals surface area contributed by atoms with E-state index in [0.717, 1.165) is 23.0 Å². The molecule has 25 heavy (non-hydrogen) atoms. The standard InChI is InChI=1S/C20H32BrN3O/c1-18(2,3)13-8-9-16(15(21)10-13)23-17(25)22-14-11-19(4,5)24-20(6,7)12-14/h8-10,14,24H,11-12H2,1-7H3,(H2,22,23,25). The topological polar surface area (TPSA) is 53.2 Å². The van der Waals surface area contributed by atoms with E-state index in [9.17, 15) is 4.79 Å². The molecule has 1 aliphatic rings. The van der Waals surface area contributed by atoms with Gasteiger partial charge in [-0.15, -0.1) is 0 Å². The van der Waals surface area contributed by atoms with E-state index < -0.39 is 0 Å². The minimum atomic E-state index is -0.150. The highest BCUT2D eigenvalue weighted by Crippen LogP contribution is 2.31. The molecule has 1 aromatic carbocycles. The van der Waals surface area contributed by atoms with Crippen LogP contribution in [0.2, 0.25) is 0 Å². The number of nitrogens with one attached hydrogen (secondary N) is 3. The molecular formula is C20H32BrN3O. The van der Waals surface area contributed by atoms with Gasteiger partial charge in [-0.25, -0.2) is 4.79 Å². The lowest BCUT2D eigenvalue weighted by Gasteiger charge is -2.46. The third kappa shape index (κ3) is 5.71. The number of rotatable bonds is 2. The molecule has 0 bridgehead atoms. The maximum Gasteiger partial charge on any atom is 0.319 e. The molecule has 1 aromatic rings. The summed E-state index contributed by atoms with van der Waals surface area (Å²) in [6, 6.07) is 6.10. The van der Waals surface area contributed by atoms with Crippen molar-refractivity contribution in [3.05, 3.63) is 28.2 Å². The van der Waals surface area contributed by atoms with Gasteiger partial charge in [-0.2, -0.15) is 0 Å². The fourth-order valence-corrected chi connectivity index (χ4v) is 4.33. The molecule has 0 radical (unpaired) electrons. The monoisotopic (exact) mass is 409 g/mol. The molecule has 140 valence electrons. The fourth-order valence-electron chi connectivity index (χ4n) is 3.85. The number of hydrogen-bond donors (Lipinski definition) is 3. The van der Waals surface area contributed by atoms with Gasteiger partial charge in [0.1, 0.15) is 0 Å². The van der Waals surface area contributed by atoms with Gasteiger partial charge in [0.15, 0.2) is 0 Å². The van der Waals surface area contributed by atoms with Crippen molar-refractivity contribution in [2.75, 3.05) is 5.32 Å². The molecule has 2 amide bonds. The first-order valence-corrected chi connectivity index (χ1v) is 9.74. The van der Waals surface area contributed by atoms with Crippen LogP contribution >= 0.6 is 15.9 Å². The molecule has 1 saturated heterocycles. The van der Waals surface area contributed by atoms with Gasteiger partial charge in [-0.05, 0) is 79.6 Å². The highest BCUT2D eigenvalue weighted by molar-refractivity contribution is 9.10. The van der Waals surface area contributed by atoms with Gasteiger partial charge in [0.25, 0.3) is 0 Å². The number of urea groups is 1. The smallest absolute Gasteiger partial charge is 0.319 e. The summed E-state index contributed by atoms with van der Waals surface area (Å²) in [7, 11) is 0. The van der Waals surface area contributed by atoms with Crippen molar-refractivity contribution in [1.29, 1.82) is 0 Å². The van der Waals surface area contributed by atoms with Crippen LogP contribution in [0.15, 0.2) is 22.7 Å². The second kappa shape index (κ2) is 6.92. The second-order valence-electron chi connectivity index (χ2n) is 9.54. The Hall–Kier alpha value is -1.07. The average molecular weight is 410 g/mol. The number of anilines is 1. The van der Waals surface area contributed by atoms with Gasteiger partial charge >= 0.3 is 6.03 Å². The van der Waals surface area contributed by atoms with Gasteiger partial charge in [0.2, 0.25) is 0 Å². The molecule has 4 nitrogen and oxygen atoms in total. The zero-order valence-electron chi connectivity index (χ0n) is 16.5. The van der Waals surface area contributed by atoms with Crippen molar-refractivity contribution in [2.45, 2.75) is 83.8 Å². The number of piperidine rings is 1. The summed E-state index contributed by atoms with van der Waals surface area (Å²) in [5, 5.41) is 9.75. The quantitative estimate of drug-likeness (QED) is 0.630. The Bertz CT molecular complexity index is 631. The molecule has 3 N–H and O–H groups in total. The lowest BCUT2D eigenvalue weighted by atomic mass is 9.80. The molecule has 5 heteroatoms. The van der Waals surface area contributed by atoms with E-state index in [1.54, 1.807) is 0 Å². The summed E-state index contributed by atoms with van der Waals surface area (Å²) in [5.74, 6) is 0. The highest BCUT2D eigenvalue weighted by atomic mass is 79.9. The minimum absolute atomic E-state index is 0.00857. The lowest BCUT2D eigenvalue weighted by Crippen LogP contribution is -2.62. The van der Waals surface area contributed by atoms with Crippen LogP contribution < -0.4 is 16.0 Å². The van der Waals surface area contributed by atoms with E-state index in [4.69, 9.17) is 0 Å². The van der Waals surface area contributed by atoms with E-state index in [1.807, 2.05) is 6.07 Å². The first kappa shape index (κ1) is 20.2. The number of carbonyl (C=O) groups is 1. The van der Waals surface area contributed by atoms with E-state index in [2.05, 4.69) is 92.5 Å². The second-order valence-corrected chi connectivity index (χ2v) is 10.4. The van der Waals surface area contributed by atoms with Crippen LogP contribution in [0.3, 0.4) is 0 Å². The molecule has 1 heterocycles. The predicted octanol–water partition coefficient (Wildman–Crippen LogP) is 5.18. The molecule has 0 atom stereocenters. The van der Waals surface area contributed by atoms with Crippen molar-refractivity contribution < 1.29 is 4.79 Å². The summed E-state index contributed by atoms with van der Waals surface area (Å²) in [4.78, 5) is 12.5. The van der Waals surface area contributed by atoms with Crippen LogP contribution in [0.4, 0.5) is 10.5 Å². The van der Waals surface area contributed by atoms with E-state index in [0.29, 0.717) is 0 Å². The van der Waals surface area contributed by atoms with Gasteiger partial charge in [0, 0.05) is 21.6 Å². The van der Waals surface area contributed by atoms with Crippen molar-refractivity contribution >= 4 is 27.6 Å².